The molecule has 1 heterocycles. The maximum absolute atomic E-state index is 12.4. The van der Waals surface area contributed by atoms with Crippen molar-refractivity contribution in [1.82, 2.24) is 20.2 Å². The van der Waals surface area contributed by atoms with Crippen molar-refractivity contribution < 1.29 is 14.3 Å². The molecule has 0 atom stereocenters. The first-order valence-electron chi connectivity index (χ1n) is 10.9. The average Bonchev–Trinajstić information content (AvgIpc) is 3.25. The molecule has 1 aromatic heterocycles. The molecule has 0 aliphatic heterocycles. The average molecular weight is 443 g/mol. The molecule has 168 valence electrons. The van der Waals surface area contributed by atoms with E-state index in [1.165, 1.54) is 0 Å². The highest BCUT2D eigenvalue weighted by molar-refractivity contribution is 5.98. The van der Waals surface area contributed by atoms with Gasteiger partial charge in [-0.05, 0) is 42.3 Å². The third-order valence-corrected chi connectivity index (χ3v) is 5.23. The topological polar surface area (TPSA) is 85.2 Å². The van der Waals surface area contributed by atoms with Gasteiger partial charge in [0.05, 0.1) is 36.1 Å². The first-order valence-corrected chi connectivity index (χ1v) is 10.9. The van der Waals surface area contributed by atoms with Crippen LogP contribution in [0, 0.1) is 0 Å². The number of para-hydroxylation sites is 3. The van der Waals surface area contributed by atoms with E-state index in [0.29, 0.717) is 24.5 Å². The highest BCUT2D eigenvalue weighted by Crippen LogP contribution is 2.17. The molecule has 0 bridgehead atoms. The van der Waals surface area contributed by atoms with Crippen LogP contribution in [0.2, 0.25) is 0 Å². The zero-order valence-corrected chi connectivity index (χ0v) is 18.5. The zero-order chi connectivity index (χ0) is 23.0. The predicted octanol–water partition coefficient (Wildman–Crippen LogP) is 3.53. The number of fused-ring (bicyclic) bond motifs is 1. The van der Waals surface area contributed by atoms with Crippen molar-refractivity contribution in [2.75, 3.05) is 13.2 Å². The molecule has 0 spiro atoms. The minimum absolute atomic E-state index is 0.106. The van der Waals surface area contributed by atoms with Gasteiger partial charge in [-0.1, -0.05) is 48.5 Å². The van der Waals surface area contributed by atoms with Crippen molar-refractivity contribution in [3.05, 3.63) is 95.8 Å². The molecule has 4 rings (SSSR count). The van der Waals surface area contributed by atoms with E-state index in [4.69, 9.17) is 4.74 Å². The molecule has 0 aliphatic carbocycles. The summed E-state index contributed by atoms with van der Waals surface area (Å²) in [6.07, 6.45) is 1.85. The van der Waals surface area contributed by atoms with Gasteiger partial charge in [-0.15, -0.1) is 0 Å². The molecular formula is C26H26N4O3. The molecule has 33 heavy (non-hydrogen) atoms. The Morgan fingerprint density at radius 1 is 0.909 bits per heavy atom. The number of benzene rings is 3. The Morgan fingerprint density at radius 3 is 2.45 bits per heavy atom. The Labute approximate surface area is 192 Å². The number of carbonyl (C=O) groups excluding carboxylic acids is 2. The summed E-state index contributed by atoms with van der Waals surface area (Å²) < 4.78 is 7.58. The molecule has 7 heteroatoms. The highest BCUT2D eigenvalue weighted by atomic mass is 16.5. The number of carbonyl (C=O) groups is 2. The number of nitrogens with one attached hydrogen (secondary N) is 2. The van der Waals surface area contributed by atoms with Gasteiger partial charge in [0.25, 0.3) is 5.91 Å². The molecule has 0 aliphatic rings. The second kappa shape index (κ2) is 10.5. The maximum atomic E-state index is 12.4. The molecule has 0 fully saturated rings. The summed E-state index contributed by atoms with van der Waals surface area (Å²) in [6.45, 7) is 3.32. The van der Waals surface area contributed by atoms with Crippen molar-refractivity contribution in [3.63, 3.8) is 0 Å². The summed E-state index contributed by atoms with van der Waals surface area (Å²) in [6, 6.07) is 23.1. The SMILES string of the molecule is CCOc1ccccc1C(=O)NCC(=O)NCc1ccc(Cn2cnc3ccccc32)cc1. The molecule has 7 nitrogen and oxygen atoms in total. The molecule has 3 aromatic carbocycles. The summed E-state index contributed by atoms with van der Waals surface area (Å²) in [5.74, 6) is -0.0986. The van der Waals surface area contributed by atoms with E-state index in [2.05, 4.69) is 26.3 Å². The highest BCUT2D eigenvalue weighted by Gasteiger charge is 2.13. The summed E-state index contributed by atoms with van der Waals surface area (Å²) in [4.78, 5) is 29.0. The number of hydrogen-bond donors (Lipinski definition) is 2. The second-order valence-corrected chi connectivity index (χ2v) is 7.57. The minimum Gasteiger partial charge on any atom is -0.493 e. The largest absolute Gasteiger partial charge is 0.493 e. The van der Waals surface area contributed by atoms with Crippen LogP contribution in [0.1, 0.15) is 28.4 Å². The molecule has 4 aromatic rings. The van der Waals surface area contributed by atoms with E-state index in [9.17, 15) is 9.59 Å². The van der Waals surface area contributed by atoms with Gasteiger partial charge in [-0.3, -0.25) is 9.59 Å². The Bertz CT molecular complexity index is 1250. The standard InChI is InChI=1S/C26H26N4O3/c1-2-33-24-10-6-3-7-21(24)26(32)28-16-25(31)27-15-19-11-13-20(14-12-19)17-30-18-29-22-8-4-5-9-23(22)30/h3-14,18H,2,15-17H2,1H3,(H,27,31)(H,28,32). The monoisotopic (exact) mass is 442 g/mol. The second-order valence-electron chi connectivity index (χ2n) is 7.57. The number of aromatic nitrogens is 2. The van der Waals surface area contributed by atoms with Crippen LogP contribution >= 0.6 is 0 Å². The summed E-state index contributed by atoms with van der Waals surface area (Å²) in [7, 11) is 0. The van der Waals surface area contributed by atoms with Gasteiger partial charge in [0.15, 0.2) is 0 Å². The molecule has 0 unspecified atom stereocenters. The van der Waals surface area contributed by atoms with Crippen molar-refractivity contribution in [1.29, 1.82) is 0 Å². The summed E-state index contributed by atoms with van der Waals surface area (Å²) in [5.41, 5.74) is 4.61. The zero-order valence-electron chi connectivity index (χ0n) is 18.5. The minimum atomic E-state index is -0.342. The van der Waals surface area contributed by atoms with Gasteiger partial charge in [-0.25, -0.2) is 4.98 Å². The lowest BCUT2D eigenvalue weighted by atomic mass is 10.1. The van der Waals surface area contributed by atoms with Crippen LogP contribution in [-0.2, 0) is 17.9 Å². The van der Waals surface area contributed by atoms with Gasteiger partial charge in [0, 0.05) is 13.1 Å². The number of amides is 2. The molecular weight excluding hydrogens is 416 g/mol. The van der Waals surface area contributed by atoms with Crippen LogP contribution in [0.5, 0.6) is 5.75 Å². The van der Waals surface area contributed by atoms with E-state index in [-0.39, 0.29) is 18.4 Å². The lowest BCUT2D eigenvalue weighted by molar-refractivity contribution is -0.120. The number of nitrogens with zero attached hydrogens (tertiary/aromatic N) is 2. The van der Waals surface area contributed by atoms with Crippen LogP contribution < -0.4 is 15.4 Å². The Kier molecular flexibility index (Phi) is 6.99. The fraction of sp³-hybridized carbons (Fsp3) is 0.192. The maximum Gasteiger partial charge on any atom is 0.255 e. The van der Waals surface area contributed by atoms with E-state index >= 15 is 0 Å². The number of ether oxygens (including phenoxy) is 1. The van der Waals surface area contributed by atoms with Crippen molar-refractivity contribution in [2.24, 2.45) is 0 Å². The van der Waals surface area contributed by atoms with Crippen LogP contribution in [0.25, 0.3) is 11.0 Å². The normalized spacial score (nSPS) is 10.7. The Balaban J connectivity index is 1.26. The Morgan fingerprint density at radius 2 is 1.64 bits per heavy atom. The molecule has 0 saturated heterocycles. The van der Waals surface area contributed by atoms with Crippen LogP contribution in [0.15, 0.2) is 79.1 Å². The van der Waals surface area contributed by atoms with Crippen molar-refractivity contribution >= 4 is 22.8 Å². The van der Waals surface area contributed by atoms with Crippen LogP contribution in [0.3, 0.4) is 0 Å². The summed E-state index contributed by atoms with van der Waals surface area (Å²) >= 11 is 0. The predicted molar refractivity (Wildman–Crippen MR) is 127 cm³/mol. The van der Waals surface area contributed by atoms with E-state index in [1.54, 1.807) is 24.3 Å². The first-order chi connectivity index (χ1) is 16.1. The van der Waals surface area contributed by atoms with Gasteiger partial charge >= 0.3 is 0 Å². The molecule has 0 radical (unpaired) electrons. The number of hydrogen-bond acceptors (Lipinski definition) is 4. The van der Waals surface area contributed by atoms with Crippen LogP contribution in [-0.4, -0.2) is 34.5 Å². The van der Waals surface area contributed by atoms with E-state index in [1.807, 2.05) is 55.7 Å². The fourth-order valence-corrected chi connectivity index (χ4v) is 3.55. The lowest BCUT2D eigenvalue weighted by Gasteiger charge is -2.11. The smallest absolute Gasteiger partial charge is 0.255 e. The molecule has 0 saturated carbocycles. The van der Waals surface area contributed by atoms with E-state index in [0.717, 1.165) is 28.7 Å². The molecule has 2 amide bonds. The third kappa shape index (κ3) is 5.57. The van der Waals surface area contributed by atoms with Crippen molar-refractivity contribution in [3.8, 4) is 5.75 Å². The fourth-order valence-electron chi connectivity index (χ4n) is 3.55. The molecule has 2 N–H and O–H groups in total. The third-order valence-electron chi connectivity index (χ3n) is 5.23. The van der Waals surface area contributed by atoms with Gasteiger partial charge in [-0.2, -0.15) is 0 Å². The van der Waals surface area contributed by atoms with Gasteiger partial charge in [0.2, 0.25) is 5.91 Å². The lowest BCUT2D eigenvalue weighted by Crippen LogP contribution is -2.36. The van der Waals surface area contributed by atoms with E-state index < -0.39 is 0 Å². The van der Waals surface area contributed by atoms with Gasteiger partial charge in [0.1, 0.15) is 5.75 Å². The van der Waals surface area contributed by atoms with Crippen LogP contribution in [0.4, 0.5) is 0 Å². The number of imidazole rings is 1. The Hall–Kier alpha value is -4.13. The first kappa shape index (κ1) is 22.1. The van der Waals surface area contributed by atoms with Gasteiger partial charge < -0.3 is 19.9 Å². The quantitative estimate of drug-likeness (QED) is 0.415. The number of rotatable bonds is 9. The summed E-state index contributed by atoms with van der Waals surface area (Å²) in [5, 5.41) is 5.48. The van der Waals surface area contributed by atoms with Crippen molar-refractivity contribution in [2.45, 2.75) is 20.0 Å².